The fourth-order valence-corrected chi connectivity index (χ4v) is 4.15. The van der Waals surface area contributed by atoms with E-state index in [9.17, 15) is 0 Å². The summed E-state index contributed by atoms with van der Waals surface area (Å²) in [5, 5.41) is 4.27. The van der Waals surface area contributed by atoms with Crippen LogP contribution in [0.5, 0.6) is 11.5 Å². The first-order chi connectivity index (χ1) is 13.6. The first kappa shape index (κ1) is 19.8. The highest BCUT2D eigenvalue weighted by Crippen LogP contribution is 2.33. The molecule has 1 heterocycles. The van der Waals surface area contributed by atoms with Crippen LogP contribution >= 0.6 is 23.2 Å². The van der Waals surface area contributed by atoms with Gasteiger partial charge in [-0.05, 0) is 56.6 Å². The number of hydrogen-bond acceptors (Lipinski definition) is 4. The molecule has 4 rings (SSSR count). The number of benzene rings is 2. The van der Waals surface area contributed by atoms with Gasteiger partial charge in [-0.1, -0.05) is 23.2 Å². The Balaban J connectivity index is 1.51. The predicted octanol–water partition coefficient (Wildman–Crippen LogP) is 5.18. The lowest BCUT2D eigenvalue weighted by Crippen LogP contribution is -2.32. The van der Waals surface area contributed by atoms with Crippen molar-refractivity contribution in [3.8, 4) is 11.5 Å². The third-order valence-electron chi connectivity index (χ3n) is 5.49. The molecule has 2 aromatic carbocycles. The van der Waals surface area contributed by atoms with E-state index in [-0.39, 0.29) is 0 Å². The maximum absolute atomic E-state index is 6.13. The fraction of sp³-hybridized carbons (Fsp3) is 0.455. The Bertz CT molecular complexity index is 825. The van der Waals surface area contributed by atoms with E-state index in [0.29, 0.717) is 15.8 Å². The zero-order valence-electron chi connectivity index (χ0n) is 16.3. The molecule has 1 aliphatic carbocycles. The minimum Gasteiger partial charge on any atom is -0.457 e. The van der Waals surface area contributed by atoms with E-state index in [1.54, 1.807) is 12.1 Å². The topological polar surface area (TPSA) is 27.7 Å². The van der Waals surface area contributed by atoms with Gasteiger partial charge in [0.1, 0.15) is 11.5 Å². The standard InChI is InChI=1S/C22H27Cl2N3O/c1-25-15-16-13-18(27-10-2-9-26(11-12-27)17-3-4-17)5-8-22(16)28-19-6-7-20(23)21(24)14-19/h5-8,13-14,17,25H,2-4,9-12,15H2,1H3. The lowest BCUT2D eigenvalue weighted by Gasteiger charge is -2.25. The fourth-order valence-electron chi connectivity index (χ4n) is 3.86. The Morgan fingerprint density at radius 1 is 1.00 bits per heavy atom. The molecular formula is C22H27Cl2N3O. The van der Waals surface area contributed by atoms with Crippen molar-refractivity contribution in [1.29, 1.82) is 0 Å². The van der Waals surface area contributed by atoms with E-state index < -0.39 is 0 Å². The third-order valence-corrected chi connectivity index (χ3v) is 6.23. The Morgan fingerprint density at radius 3 is 2.61 bits per heavy atom. The smallest absolute Gasteiger partial charge is 0.132 e. The summed E-state index contributed by atoms with van der Waals surface area (Å²) < 4.78 is 6.11. The highest BCUT2D eigenvalue weighted by Gasteiger charge is 2.30. The Kier molecular flexibility index (Phi) is 6.32. The highest BCUT2D eigenvalue weighted by molar-refractivity contribution is 6.42. The second kappa shape index (κ2) is 8.91. The van der Waals surface area contributed by atoms with E-state index in [1.165, 1.54) is 31.5 Å². The molecule has 0 aromatic heterocycles. The second-order valence-electron chi connectivity index (χ2n) is 7.61. The van der Waals surface area contributed by atoms with E-state index in [0.717, 1.165) is 43.5 Å². The number of ether oxygens (including phenoxy) is 1. The molecule has 150 valence electrons. The van der Waals surface area contributed by atoms with Gasteiger partial charge >= 0.3 is 0 Å². The van der Waals surface area contributed by atoms with E-state index in [4.69, 9.17) is 27.9 Å². The second-order valence-corrected chi connectivity index (χ2v) is 8.42. The maximum atomic E-state index is 6.13. The van der Waals surface area contributed by atoms with Crippen molar-refractivity contribution < 1.29 is 4.74 Å². The van der Waals surface area contributed by atoms with Gasteiger partial charge < -0.3 is 15.0 Å². The highest BCUT2D eigenvalue weighted by atomic mass is 35.5. The van der Waals surface area contributed by atoms with E-state index in [2.05, 4.69) is 33.3 Å². The average Bonchev–Trinajstić information content (AvgIpc) is 3.52. The van der Waals surface area contributed by atoms with Crippen LogP contribution in [0.25, 0.3) is 0 Å². The molecule has 0 spiro atoms. The number of nitrogens with zero attached hydrogens (tertiary/aromatic N) is 2. The van der Waals surface area contributed by atoms with Crippen molar-refractivity contribution in [3.05, 3.63) is 52.0 Å². The zero-order valence-corrected chi connectivity index (χ0v) is 17.8. The summed E-state index contributed by atoms with van der Waals surface area (Å²) in [6, 6.07) is 12.7. The molecule has 1 aliphatic heterocycles. The van der Waals surface area contributed by atoms with Gasteiger partial charge in [-0.25, -0.2) is 0 Å². The van der Waals surface area contributed by atoms with Gasteiger partial charge in [0.05, 0.1) is 10.0 Å². The maximum Gasteiger partial charge on any atom is 0.132 e. The van der Waals surface area contributed by atoms with Crippen LogP contribution in [0, 0.1) is 0 Å². The van der Waals surface area contributed by atoms with Crippen LogP contribution in [0.1, 0.15) is 24.8 Å². The molecule has 1 N–H and O–H groups in total. The number of rotatable bonds is 6. The van der Waals surface area contributed by atoms with Crippen LogP contribution in [0.2, 0.25) is 10.0 Å². The lowest BCUT2D eigenvalue weighted by atomic mass is 10.1. The van der Waals surface area contributed by atoms with Crippen molar-refractivity contribution in [2.24, 2.45) is 0 Å². The first-order valence-electron chi connectivity index (χ1n) is 10.0. The molecule has 4 nitrogen and oxygen atoms in total. The van der Waals surface area contributed by atoms with Gasteiger partial charge in [0.2, 0.25) is 0 Å². The number of halogens is 2. The molecule has 2 aliphatic rings. The number of anilines is 1. The van der Waals surface area contributed by atoms with Crippen LogP contribution in [-0.4, -0.2) is 44.2 Å². The summed E-state index contributed by atoms with van der Waals surface area (Å²) in [6.45, 7) is 5.32. The third kappa shape index (κ3) is 4.74. The van der Waals surface area contributed by atoms with Gasteiger partial charge in [-0.15, -0.1) is 0 Å². The SMILES string of the molecule is CNCc1cc(N2CCCN(C3CC3)CC2)ccc1Oc1ccc(Cl)c(Cl)c1. The number of hydrogen-bond donors (Lipinski definition) is 1. The van der Waals surface area contributed by atoms with E-state index in [1.807, 2.05) is 13.1 Å². The summed E-state index contributed by atoms with van der Waals surface area (Å²) in [5.74, 6) is 1.53. The monoisotopic (exact) mass is 419 g/mol. The first-order valence-corrected chi connectivity index (χ1v) is 10.8. The molecule has 0 bridgehead atoms. The number of nitrogens with one attached hydrogen (secondary N) is 1. The van der Waals surface area contributed by atoms with E-state index >= 15 is 0 Å². The average molecular weight is 420 g/mol. The predicted molar refractivity (Wildman–Crippen MR) is 117 cm³/mol. The molecule has 1 saturated heterocycles. The molecule has 0 unspecified atom stereocenters. The summed E-state index contributed by atoms with van der Waals surface area (Å²) in [7, 11) is 1.95. The van der Waals surface area contributed by atoms with Gasteiger partial charge in [-0.3, -0.25) is 4.90 Å². The van der Waals surface area contributed by atoms with Crippen molar-refractivity contribution in [1.82, 2.24) is 10.2 Å². The normalized spacial score (nSPS) is 18.2. The Hall–Kier alpha value is -1.46. The summed E-state index contributed by atoms with van der Waals surface area (Å²) in [6.07, 6.45) is 3.99. The minimum atomic E-state index is 0.496. The minimum absolute atomic E-state index is 0.496. The molecular weight excluding hydrogens is 393 g/mol. The summed E-state index contributed by atoms with van der Waals surface area (Å²) >= 11 is 12.1. The van der Waals surface area contributed by atoms with Gasteiger partial charge in [0.15, 0.2) is 0 Å². The van der Waals surface area contributed by atoms with Gasteiger partial charge in [0.25, 0.3) is 0 Å². The van der Waals surface area contributed by atoms with Gasteiger partial charge in [-0.2, -0.15) is 0 Å². The molecule has 28 heavy (non-hydrogen) atoms. The van der Waals surface area contributed by atoms with Crippen molar-refractivity contribution in [3.63, 3.8) is 0 Å². The van der Waals surface area contributed by atoms with Crippen LogP contribution < -0.4 is 15.0 Å². The molecule has 6 heteroatoms. The molecule has 2 fully saturated rings. The van der Waals surface area contributed by atoms with Crippen LogP contribution in [0.4, 0.5) is 5.69 Å². The van der Waals surface area contributed by atoms with Crippen molar-refractivity contribution >= 4 is 28.9 Å². The largest absolute Gasteiger partial charge is 0.457 e. The summed E-state index contributed by atoms with van der Waals surface area (Å²) in [5.41, 5.74) is 2.40. The molecule has 0 atom stereocenters. The van der Waals surface area contributed by atoms with Crippen LogP contribution in [0.15, 0.2) is 36.4 Å². The summed E-state index contributed by atoms with van der Waals surface area (Å²) in [4.78, 5) is 5.17. The molecule has 0 radical (unpaired) electrons. The van der Waals surface area contributed by atoms with Crippen LogP contribution in [0.3, 0.4) is 0 Å². The van der Waals surface area contributed by atoms with Crippen molar-refractivity contribution in [2.75, 3.05) is 38.1 Å². The van der Waals surface area contributed by atoms with Gasteiger partial charge in [0, 0.05) is 56.1 Å². The molecule has 1 saturated carbocycles. The van der Waals surface area contributed by atoms with Crippen molar-refractivity contribution in [2.45, 2.75) is 31.8 Å². The lowest BCUT2D eigenvalue weighted by molar-refractivity contribution is 0.283. The molecule has 2 aromatic rings. The van der Waals surface area contributed by atoms with Crippen LogP contribution in [-0.2, 0) is 6.54 Å². The quantitative estimate of drug-likeness (QED) is 0.697. The zero-order chi connectivity index (χ0) is 19.5. The Labute approximate surface area is 177 Å². The molecule has 0 amide bonds. The Morgan fingerprint density at radius 2 is 1.86 bits per heavy atom.